The van der Waals surface area contributed by atoms with Crippen LogP contribution in [0.1, 0.15) is 6.92 Å². The number of thioether (sulfide) groups is 1. The number of carboxylic acid groups (broad SMARTS) is 1. The fourth-order valence-corrected chi connectivity index (χ4v) is 3.17. The van der Waals surface area contributed by atoms with E-state index in [0.717, 1.165) is 4.90 Å². The van der Waals surface area contributed by atoms with Gasteiger partial charge in [0.15, 0.2) is 6.23 Å². The summed E-state index contributed by atoms with van der Waals surface area (Å²) in [5.74, 6) is -1.23. The van der Waals surface area contributed by atoms with E-state index in [2.05, 4.69) is 0 Å². The summed E-state index contributed by atoms with van der Waals surface area (Å²) in [6, 6.07) is 8.64. The van der Waals surface area contributed by atoms with Crippen molar-refractivity contribution < 1.29 is 19.4 Å². The van der Waals surface area contributed by atoms with E-state index in [1.807, 2.05) is 30.3 Å². The van der Waals surface area contributed by atoms with Crippen molar-refractivity contribution in [3.63, 3.8) is 0 Å². The number of hydrogen-bond acceptors (Lipinski definition) is 4. The van der Waals surface area contributed by atoms with Crippen molar-refractivity contribution in [3.8, 4) is 0 Å². The van der Waals surface area contributed by atoms with Gasteiger partial charge in [-0.05, 0) is 19.1 Å². The molecule has 1 fully saturated rings. The third-order valence-electron chi connectivity index (χ3n) is 3.05. The van der Waals surface area contributed by atoms with Gasteiger partial charge in [-0.15, -0.1) is 11.8 Å². The number of carbonyl (C=O) groups excluding carboxylic acids is 1. The van der Waals surface area contributed by atoms with E-state index in [4.69, 9.17) is 9.84 Å². The normalized spacial score (nSPS) is 23.9. The van der Waals surface area contributed by atoms with Gasteiger partial charge in [-0.2, -0.15) is 0 Å². The minimum absolute atomic E-state index is 0.199. The topological polar surface area (TPSA) is 66.8 Å². The van der Waals surface area contributed by atoms with Crippen LogP contribution < -0.4 is 0 Å². The van der Waals surface area contributed by atoms with Gasteiger partial charge < -0.3 is 14.7 Å². The molecule has 1 N–H and O–H groups in total. The molecule has 1 heterocycles. The quantitative estimate of drug-likeness (QED) is 0.827. The second-order valence-corrected chi connectivity index (χ2v) is 5.45. The molecule has 1 aliphatic heterocycles. The summed E-state index contributed by atoms with van der Waals surface area (Å²) < 4.78 is 5.25. The average Bonchev–Trinajstić information content (AvgIpc) is 2.42. The van der Waals surface area contributed by atoms with Crippen LogP contribution in [0.2, 0.25) is 0 Å². The Morgan fingerprint density at radius 1 is 1.42 bits per heavy atom. The SMILES string of the molecule is COC1C(Sc2ccccc2)C(=O)N1C(C)C(=O)O. The van der Waals surface area contributed by atoms with Gasteiger partial charge in [0.1, 0.15) is 11.3 Å². The molecular formula is C13H15NO4S. The number of carbonyl (C=O) groups is 2. The molecule has 0 bridgehead atoms. The fourth-order valence-electron chi connectivity index (χ4n) is 1.98. The minimum Gasteiger partial charge on any atom is -0.480 e. The second-order valence-electron chi connectivity index (χ2n) is 4.24. The first-order valence-corrected chi connectivity index (χ1v) is 6.73. The van der Waals surface area contributed by atoms with Gasteiger partial charge >= 0.3 is 5.97 Å². The largest absolute Gasteiger partial charge is 0.480 e. The Morgan fingerprint density at radius 2 is 2.05 bits per heavy atom. The third-order valence-corrected chi connectivity index (χ3v) is 4.29. The molecule has 1 saturated heterocycles. The van der Waals surface area contributed by atoms with E-state index in [-0.39, 0.29) is 11.2 Å². The van der Waals surface area contributed by atoms with Crippen molar-refractivity contribution in [2.45, 2.75) is 29.3 Å². The number of aliphatic carboxylic acids is 1. The van der Waals surface area contributed by atoms with E-state index in [1.165, 1.54) is 30.7 Å². The number of likely N-dealkylation sites (tertiary alicyclic amines) is 1. The molecule has 0 spiro atoms. The summed E-state index contributed by atoms with van der Waals surface area (Å²) in [4.78, 5) is 25.2. The van der Waals surface area contributed by atoms with Gasteiger partial charge in [-0.25, -0.2) is 4.79 Å². The van der Waals surface area contributed by atoms with Crippen molar-refractivity contribution in [1.29, 1.82) is 0 Å². The first-order chi connectivity index (χ1) is 9.06. The number of amides is 1. The molecule has 6 heteroatoms. The maximum Gasteiger partial charge on any atom is 0.326 e. The molecule has 19 heavy (non-hydrogen) atoms. The van der Waals surface area contributed by atoms with Crippen LogP contribution in [0.4, 0.5) is 0 Å². The Balaban J connectivity index is 2.08. The van der Waals surface area contributed by atoms with E-state index < -0.39 is 18.2 Å². The molecule has 5 nitrogen and oxygen atoms in total. The number of rotatable bonds is 5. The molecule has 102 valence electrons. The first kappa shape index (κ1) is 13.9. The minimum atomic E-state index is -1.03. The van der Waals surface area contributed by atoms with E-state index in [1.54, 1.807) is 0 Å². The Hall–Kier alpha value is -1.53. The number of benzene rings is 1. The number of nitrogens with zero attached hydrogens (tertiary/aromatic N) is 1. The van der Waals surface area contributed by atoms with Crippen LogP contribution in [0.3, 0.4) is 0 Å². The molecule has 3 atom stereocenters. The standard InChI is InChI=1S/C13H15NO4S/c1-8(13(16)17)14-11(15)10(12(14)18-2)19-9-6-4-3-5-7-9/h3-8,10,12H,1-2H3,(H,16,17). The van der Waals surface area contributed by atoms with Crippen LogP contribution in [0.25, 0.3) is 0 Å². The molecule has 0 radical (unpaired) electrons. The lowest BCUT2D eigenvalue weighted by molar-refractivity contribution is -0.180. The maximum absolute atomic E-state index is 12.0. The Morgan fingerprint density at radius 3 is 2.58 bits per heavy atom. The lowest BCUT2D eigenvalue weighted by Gasteiger charge is -2.47. The average molecular weight is 281 g/mol. The summed E-state index contributed by atoms with van der Waals surface area (Å²) >= 11 is 1.39. The zero-order chi connectivity index (χ0) is 14.0. The van der Waals surface area contributed by atoms with Crippen LogP contribution >= 0.6 is 11.8 Å². The second kappa shape index (κ2) is 5.63. The molecule has 0 saturated carbocycles. The Labute approximate surface area is 115 Å². The molecule has 2 rings (SSSR count). The number of β-lactam (4-membered cyclic amide) rings is 1. The lowest BCUT2D eigenvalue weighted by atomic mass is 10.1. The van der Waals surface area contributed by atoms with Crippen molar-refractivity contribution in [2.24, 2.45) is 0 Å². The van der Waals surface area contributed by atoms with Gasteiger partial charge in [0.2, 0.25) is 5.91 Å². The molecule has 0 aliphatic carbocycles. The smallest absolute Gasteiger partial charge is 0.326 e. The lowest BCUT2D eigenvalue weighted by Crippen LogP contribution is -2.68. The van der Waals surface area contributed by atoms with Crippen molar-refractivity contribution in [3.05, 3.63) is 30.3 Å². The number of carboxylic acids is 1. The van der Waals surface area contributed by atoms with Gasteiger partial charge in [0.25, 0.3) is 0 Å². The van der Waals surface area contributed by atoms with Crippen molar-refractivity contribution in [2.75, 3.05) is 7.11 Å². The zero-order valence-electron chi connectivity index (χ0n) is 10.6. The predicted molar refractivity (Wildman–Crippen MR) is 70.8 cm³/mol. The number of methoxy groups -OCH3 is 1. The highest BCUT2D eigenvalue weighted by Crippen LogP contribution is 2.37. The maximum atomic E-state index is 12.0. The zero-order valence-corrected chi connectivity index (χ0v) is 11.5. The predicted octanol–water partition coefficient (Wildman–Crippen LogP) is 1.44. The third kappa shape index (κ3) is 2.59. The Bertz CT molecular complexity index is 479. The van der Waals surface area contributed by atoms with Gasteiger partial charge in [0.05, 0.1) is 0 Å². The fraction of sp³-hybridized carbons (Fsp3) is 0.385. The highest BCUT2D eigenvalue weighted by molar-refractivity contribution is 8.00. The van der Waals surface area contributed by atoms with E-state index in [9.17, 15) is 9.59 Å². The van der Waals surface area contributed by atoms with Crippen LogP contribution in [0.5, 0.6) is 0 Å². The monoisotopic (exact) mass is 281 g/mol. The Kier molecular flexibility index (Phi) is 4.11. The van der Waals surface area contributed by atoms with Gasteiger partial charge in [-0.1, -0.05) is 18.2 Å². The summed E-state index contributed by atoms with van der Waals surface area (Å²) in [6.07, 6.45) is -0.496. The summed E-state index contributed by atoms with van der Waals surface area (Å²) in [6.45, 7) is 1.48. The molecule has 1 aromatic rings. The van der Waals surface area contributed by atoms with Crippen molar-refractivity contribution >= 4 is 23.6 Å². The molecular weight excluding hydrogens is 266 g/mol. The number of ether oxygens (including phenoxy) is 1. The van der Waals surface area contributed by atoms with Crippen LogP contribution in [-0.2, 0) is 14.3 Å². The van der Waals surface area contributed by atoms with E-state index in [0.29, 0.717) is 0 Å². The van der Waals surface area contributed by atoms with Gasteiger partial charge in [-0.3, -0.25) is 4.79 Å². The highest BCUT2D eigenvalue weighted by Gasteiger charge is 2.51. The van der Waals surface area contributed by atoms with Gasteiger partial charge in [0, 0.05) is 12.0 Å². The molecule has 0 aromatic heterocycles. The van der Waals surface area contributed by atoms with Crippen molar-refractivity contribution in [1.82, 2.24) is 4.90 Å². The van der Waals surface area contributed by atoms with Crippen LogP contribution in [0.15, 0.2) is 35.2 Å². The molecule has 1 amide bonds. The molecule has 3 unspecified atom stereocenters. The molecule has 1 aliphatic rings. The number of hydrogen-bond donors (Lipinski definition) is 1. The first-order valence-electron chi connectivity index (χ1n) is 5.85. The van der Waals surface area contributed by atoms with E-state index >= 15 is 0 Å². The summed E-state index contributed by atoms with van der Waals surface area (Å²) in [7, 11) is 1.48. The summed E-state index contributed by atoms with van der Waals surface area (Å²) in [5, 5.41) is 8.59. The van der Waals surface area contributed by atoms with Crippen LogP contribution in [0, 0.1) is 0 Å². The molecule has 1 aromatic carbocycles. The highest BCUT2D eigenvalue weighted by atomic mass is 32.2. The summed E-state index contributed by atoms with van der Waals surface area (Å²) in [5.41, 5.74) is 0. The van der Waals surface area contributed by atoms with Crippen LogP contribution in [-0.4, -0.2) is 46.5 Å².